The summed E-state index contributed by atoms with van der Waals surface area (Å²) in [6.07, 6.45) is 4.20. The fourth-order valence-corrected chi connectivity index (χ4v) is 2.07. The monoisotopic (exact) mass is 163 g/mol. The second-order valence-electron chi connectivity index (χ2n) is 3.98. The summed E-state index contributed by atoms with van der Waals surface area (Å²) >= 11 is 0. The Balaban J connectivity index is 2.52. The van der Waals surface area contributed by atoms with E-state index in [2.05, 4.69) is 32.9 Å². The van der Waals surface area contributed by atoms with Gasteiger partial charge in [0.2, 0.25) is 0 Å². The first-order chi connectivity index (χ1) is 5.66. The molecule has 0 fully saturated rings. The van der Waals surface area contributed by atoms with Crippen LogP contribution in [0.5, 0.6) is 0 Å². The zero-order valence-electron chi connectivity index (χ0n) is 8.17. The molecule has 3 atom stereocenters. The third-order valence-electron chi connectivity index (χ3n) is 3.22. The average Bonchev–Trinajstić information content (AvgIpc) is 2.34. The summed E-state index contributed by atoms with van der Waals surface area (Å²) in [5.74, 6) is 1.96. The minimum Gasteiger partial charge on any atom is -0.198 e. The Kier molecular flexibility index (Phi) is 2.92. The lowest BCUT2D eigenvalue weighted by Crippen LogP contribution is -2.15. The molecule has 0 spiro atoms. The van der Waals surface area contributed by atoms with Gasteiger partial charge < -0.3 is 0 Å². The maximum atomic E-state index is 8.58. The molecule has 0 saturated carbocycles. The van der Waals surface area contributed by atoms with Gasteiger partial charge in [-0.25, -0.2) is 0 Å². The van der Waals surface area contributed by atoms with Crippen LogP contribution in [0, 0.1) is 29.1 Å². The molecule has 1 nitrogen and oxygen atoms in total. The first-order valence-corrected chi connectivity index (χ1v) is 4.70. The van der Waals surface area contributed by atoms with Gasteiger partial charge in [-0.3, -0.25) is 0 Å². The number of hydrogen-bond acceptors (Lipinski definition) is 1. The molecule has 1 unspecified atom stereocenters. The Bertz CT molecular complexity index is 222. The fraction of sp³-hybridized carbons (Fsp3) is 0.727. The van der Waals surface area contributed by atoms with Crippen LogP contribution in [0.25, 0.3) is 0 Å². The molecule has 0 radical (unpaired) electrons. The molecule has 1 rings (SSSR count). The standard InChI is InChI=1S/C11H17N/c1-8-4-5-11(10(8)3)9(2)6-7-12/h4,9-11H,5-6H2,1-3H3/t9?,10-,11-/m0/s1. The van der Waals surface area contributed by atoms with Gasteiger partial charge in [0.1, 0.15) is 0 Å². The molecule has 12 heavy (non-hydrogen) atoms. The highest BCUT2D eigenvalue weighted by molar-refractivity contribution is 5.12. The predicted molar refractivity (Wildman–Crippen MR) is 50.4 cm³/mol. The molecule has 0 saturated heterocycles. The van der Waals surface area contributed by atoms with Gasteiger partial charge in [-0.05, 0) is 31.1 Å². The minimum atomic E-state index is 0.554. The van der Waals surface area contributed by atoms with E-state index >= 15 is 0 Å². The maximum absolute atomic E-state index is 8.58. The molecule has 0 aromatic rings. The Morgan fingerprint density at radius 2 is 2.42 bits per heavy atom. The minimum absolute atomic E-state index is 0.554. The molecule has 0 bridgehead atoms. The lowest BCUT2D eigenvalue weighted by atomic mass is 9.82. The Morgan fingerprint density at radius 3 is 2.83 bits per heavy atom. The molecule has 0 N–H and O–H groups in total. The smallest absolute Gasteiger partial charge is 0.0624 e. The van der Waals surface area contributed by atoms with Gasteiger partial charge in [-0.1, -0.05) is 25.5 Å². The van der Waals surface area contributed by atoms with Crippen LogP contribution in [0.1, 0.15) is 33.6 Å². The second kappa shape index (κ2) is 3.76. The van der Waals surface area contributed by atoms with E-state index in [1.165, 1.54) is 12.0 Å². The highest BCUT2D eigenvalue weighted by Crippen LogP contribution is 2.37. The van der Waals surface area contributed by atoms with Crippen molar-refractivity contribution in [3.63, 3.8) is 0 Å². The maximum Gasteiger partial charge on any atom is 0.0624 e. The lowest BCUT2D eigenvalue weighted by molar-refractivity contribution is 0.310. The Morgan fingerprint density at radius 1 is 1.75 bits per heavy atom. The van der Waals surface area contributed by atoms with Gasteiger partial charge in [0.25, 0.3) is 0 Å². The predicted octanol–water partition coefficient (Wildman–Crippen LogP) is 3.14. The van der Waals surface area contributed by atoms with Crippen LogP contribution >= 0.6 is 0 Å². The van der Waals surface area contributed by atoms with E-state index in [9.17, 15) is 0 Å². The molecule has 1 aliphatic carbocycles. The van der Waals surface area contributed by atoms with Crippen molar-refractivity contribution in [1.82, 2.24) is 0 Å². The van der Waals surface area contributed by atoms with E-state index in [-0.39, 0.29) is 0 Å². The van der Waals surface area contributed by atoms with Crippen LogP contribution in [0.3, 0.4) is 0 Å². The summed E-state index contributed by atoms with van der Waals surface area (Å²) in [7, 11) is 0. The van der Waals surface area contributed by atoms with Gasteiger partial charge in [0.15, 0.2) is 0 Å². The summed E-state index contributed by atoms with van der Waals surface area (Å²) in [5, 5.41) is 8.58. The highest BCUT2D eigenvalue weighted by Gasteiger charge is 2.27. The molecule has 0 amide bonds. The molecule has 1 heteroatoms. The van der Waals surface area contributed by atoms with Crippen molar-refractivity contribution < 1.29 is 0 Å². The van der Waals surface area contributed by atoms with E-state index in [1.807, 2.05) is 0 Å². The number of nitriles is 1. The molecular weight excluding hydrogens is 146 g/mol. The zero-order valence-corrected chi connectivity index (χ0v) is 8.17. The summed E-state index contributed by atoms with van der Waals surface area (Å²) in [6, 6.07) is 2.26. The Hall–Kier alpha value is -0.770. The second-order valence-corrected chi connectivity index (χ2v) is 3.98. The largest absolute Gasteiger partial charge is 0.198 e. The van der Waals surface area contributed by atoms with Crippen molar-refractivity contribution in [1.29, 1.82) is 5.26 Å². The summed E-state index contributed by atoms with van der Waals surface area (Å²) < 4.78 is 0. The van der Waals surface area contributed by atoms with Crippen LogP contribution in [-0.4, -0.2) is 0 Å². The molecular formula is C11H17N. The number of rotatable bonds is 2. The van der Waals surface area contributed by atoms with E-state index in [1.54, 1.807) is 0 Å². The van der Waals surface area contributed by atoms with Gasteiger partial charge >= 0.3 is 0 Å². The van der Waals surface area contributed by atoms with Crippen molar-refractivity contribution in [2.75, 3.05) is 0 Å². The molecule has 66 valence electrons. The first kappa shape index (κ1) is 9.32. The topological polar surface area (TPSA) is 23.8 Å². The normalized spacial score (nSPS) is 31.0. The van der Waals surface area contributed by atoms with E-state index < -0.39 is 0 Å². The average molecular weight is 163 g/mol. The van der Waals surface area contributed by atoms with Crippen molar-refractivity contribution in [3.8, 4) is 6.07 Å². The zero-order chi connectivity index (χ0) is 9.14. The third kappa shape index (κ3) is 1.69. The van der Waals surface area contributed by atoms with Crippen LogP contribution in [0.4, 0.5) is 0 Å². The van der Waals surface area contributed by atoms with Gasteiger partial charge in [0.05, 0.1) is 6.07 Å². The van der Waals surface area contributed by atoms with Crippen LogP contribution in [0.15, 0.2) is 11.6 Å². The van der Waals surface area contributed by atoms with E-state index in [0.29, 0.717) is 24.2 Å². The van der Waals surface area contributed by atoms with Crippen molar-refractivity contribution in [2.24, 2.45) is 17.8 Å². The summed E-state index contributed by atoms with van der Waals surface area (Å²) in [4.78, 5) is 0. The van der Waals surface area contributed by atoms with Gasteiger partial charge in [-0.15, -0.1) is 0 Å². The number of nitrogens with zero attached hydrogens (tertiary/aromatic N) is 1. The van der Waals surface area contributed by atoms with E-state index in [4.69, 9.17) is 5.26 Å². The fourth-order valence-electron chi connectivity index (χ4n) is 2.07. The van der Waals surface area contributed by atoms with Crippen molar-refractivity contribution >= 4 is 0 Å². The van der Waals surface area contributed by atoms with Crippen LogP contribution in [-0.2, 0) is 0 Å². The summed E-state index contributed by atoms with van der Waals surface area (Å²) in [6.45, 7) is 6.66. The van der Waals surface area contributed by atoms with E-state index in [0.717, 1.165) is 0 Å². The third-order valence-corrected chi connectivity index (χ3v) is 3.22. The number of hydrogen-bond donors (Lipinski definition) is 0. The SMILES string of the molecule is CC1=CC[C@@H](C(C)CC#N)[C@H]1C. The lowest BCUT2D eigenvalue weighted by Gasteiger charge is -2.22. The van der Waals surface area contributed by atoms with Gasteiger partial charge in [-0.2, -0.15) is 5.26 Å². The molecule has 0 aromatic heterocycles. The van der Waals surface area contributed by atoms with Crippen LogP contribution < -0.4 is 0 Å². The van der Waals surface area contributed by atoms with Gasteiger partial charge in [0, 0.05) is 6.42 Å². The highest BCUT2D eigenvalue weighted by atomic mass is 14.3. The molecule has 0 heterocycles. The molecule has 1 aliphatic rings. The number of allylic oxidation sites excluding steroid dienone is 2. The van der Waals surface area contributed by atoms with Crippen molar-refractivity contribution in [2.45, 2.75) is 33.6 Å². The molecule has 0 aliphatic heterocycles. The molecule has 0 aromatic carbocycles. The quantitative estimate of drug-likeness (QED) is 0.574. The summed E-state index contributed by atoms with van der Waals surface area (Å²) in [5.41, 5.74) is 1.50. The first-order valence-electron chi connectivity index (χ1n) is 4.70. The Labute approximate surface area is 75.1 Å². The van der Waals surface area contributed by atoms with Crippen LogP contribution in [0.2, 0.25) is 0 Å². The van der Waals surface area contributed by atoms with Crippen molar-refractivity contribution in [3.05, 3.63) is 11.6 Å².